The average molecular weight is 461 g/mol. The van der Waals surface area contributed by atoms with Gasteiger partial charge in [-0.15, -0.1) is 0 Å². The summed E-state index contributed by atoms with van der Waals surface area (Å²) in [5, 5.41) is 12.3. The molecule has 0 radical (unpaired) electrons. The molecule has 2 N–H and O–H groups in total. The third kappa shape index (κ3) is 5.50. The molecule has 8 heteroatoms. The monoisotopic (exact) mass is 460 g/mol. The van der Waals surface area contributed by atoms with E-state index in [1.165, 1.54) is 0 Å². The number of likely N-dealkylation sites (tertiary alicyclic amines) is 1. The fraction of sp³-hybridized carbons (Fsp3) is 0.680. The molecule has 3 aliphatic rings. The second-order valence-electron chi connectivity index (χ2n) is 9.84. The summed E-state index contributed by atoms with van der Waals surface area (Å²) in [4.78, 5) is 25.3. The quantitative estimate of drug-likeness (QED) is 0.615. The number of hydrogen-bond acceptors (Lipinski definition) is 6. The van der Waals surface area contributed by atoms with E-state index in [0.717, 1.165) is 50.0 Å². The van der Waals surface area contributed by atoms with Gasteiger partial charge in [-0.3, -0.25) is 14.5 Å². The van der Waals surface area contributed by atoms with Crippen molar-refractivity contribution in [2.45, 2.75) is 62.6 Å². The van der Waals surface area contributed by atoms with Crippen LogP contribution in [0.1, 0.15) is 50.5 Å². The van der Waals surface area contributed by atoms with Crippen LogP contribution in [0, 0.1) is 5.92 Å². The van der Waals surface area contributed by atoms with Crippen LogP contribution in [0.25, 0.3) is 0 Å². The molecule has 1 saturated carbocycles. The van der Waals surface area contributed by atoms with Gasteiger partial charge in [-0.2, -0.15) is 0 Å². The number of hydrogen-bond donors (Lipinski definition) is 2. The largest absolute Gasteiger partial charge is 0.492 e. The molecule has 3 fully saturated rings. The molecular weight excluding hydrogens is 424 g/mol. The first-order valence-corrected chi connectivity index (χ1v) is 12.0. The summed E-state index contributed by atoms with van der Waals surface area (Å²) in [6.07, 6.45) is 5.03. The van der Waals surface area contributed by atoms with Gasteiger partial charge in [0.2, 0.25) is 5.91 Å². The number of morpholine rings is 1. The van der Waals surface area contributed by atoms with Crippen molar-refractivity contribution < 1.29 is 28.9 Å². The van der Waals surface area contributed by atoms with Crippen molar-refractivity contribution in [3.05, 3.63) is 29.8 Å². The standard InChI is InChI=1S/C25H36N2O6/c1-17(24(29)30)13-33-21-6-4-3-5-20(21)18-7-9-19(10-8-18)32-14-22-25(11-12-27(22)2)16-31-15-23(28)26-25/h3-6,17-19,22H,7-16H2,1-2H3,(H,26,28)(H,29,30). The molecule has 1 spiro atoms. The second kappa shape index (κ2) is 10.4. The van der Waals surface area contributed by atoms with Gasteiger partial charge in [0.25, 0.3) is 0 Å². The normalized spacial score (nSPS) is 31.3. The molecule has 1 aliphatic carbocycles. The van der Waals surface area contributed by atoms with Crippen LogP contribution in [0.3, 0.4) is 0 Å². The predicted molar refractivity (Wildman–Crippen MR) is 122 cm³/mol. The number of amides is 1. The molecule has 0 aromatic heterocycles. The number of aliphatic carboxylic acids is 1. The van der Waals surface area contributed by atoms with E-state index in [1.807, 2.05) is 18.2 Å². The van der Waals surface area contributed by atoms with E-state index in [0.29, 0.717) is 19.1 Å². The van der Waals surface area contributed by atoms with Crippen LogP contribution in [0.2, 0.25) is 0 Å². The van der Waals surface area contributed by atoms with Crippen LogP contribution in [0.4, 0.5) is 0 Å². The van der Waals surface area contributed by atoms with E-state index in [-0.39, 0.29) is 36.8 Å². The van der Waals surface area contributed by atoms with Gasteiger partial charge < -0.3 is 24.6 Å². The number of para-hydroxylation sites is 1. The minimum absolute atomic E-state index is 0.0410. The molecule has 0 bridgehead atoms. The maximum absolute atomic E-state index is 12.0. The van der Waals surface area contributed by atoms with Gasteiger partial charge in [0.05, 0.1) is 36.8 Å². The Kier molecular flexibility index (Phi) is 7.56. The summed E-state index contributed by atoms with van der Waals surface area (Å²) in [6, 6.07) is 8.09. The van der Waals surface area contributed by atoms with Crippen LogP contribution in [-0.4, -0.2) is 79.6 Å². The first kappa shape index (κ1) is 24.0. The number of carboxylic acid groups (broad SMARTS) is 1. The summed E-state index contributed by atoms with van der Waals surface area (Å²) >= 11 is 0. The molecule has 2 saturated heterocycles. The van der Waals surface area contributed by atoms with Crippen molar-refractivity contribution in [2.24, 2.45) is 5.92 Å². The van der Waals surface area contributed by atoms with E-state index in [1.54, 1.807) is 6.92 Å². The number of likely N-dealkylation sites (N-methyl/N-ethyl adjacent to an activating group) is 1. The number of nitrogens with one attached hydrogen (secondary N) is 1. The lowest BCUT2D eigenvalue weighted by Gasteiger charge is -2.41. The number of carbonyl (C=O) groups excluding carboxylic acids is 1. The molecule has 2 aliphatic heterocycles. The zero-order valence-electron chi connectivity index (χ0n) is 19.6. The Hall–Kier alpha value is -2.16. The number of benzene rings is 1. The van der Waals surface area contributed by atoms with Crippen LogP contribution in [-0.2, 0) is 19.1 Å². The highest BCUT2D eigenvalue weighted by atomic mass is 16.5. The molecule has 4 rings (SSSR count). The molecule has 2 heterocycles. The Bertz CT molecular complexity index is 836. The van der Waals surface area contributed by atoms with Gasteiger partial charge in [-0.05, 0) is 63.6 Å². The fourth-order valence-corrected chi connectivity index (χ4v) is 5.40. The first-order valence-electron chi connectivity index (χ1n) is 12.0. The molecule has 3 atom stereocenters. The number of ether oxygens (including phenoxy) is 3. The van der Waals surface area contributed by atoms with Crippen LogP contribution >= 0.6 is 0 Å². The number of carbonyl (C=O) groups is 2. The minimum atomic E-state index is -0.848. The molecule has 3 unspecified atom stereocenters. The molecule has 1 aromatic carbocycles. The maximum Gasteiger partial charge on any atom is 0.309 e. The van der Waals surface area contributed by atoms with Crippen molar-refractivity contribution >= 4 is 11.9 Å². The third-order valence-corrected chi connectivity index (χ3v) is 7.49. The predicted octanol–water partition coefficient (Wildman–Crippen LogP) is 2.42. The minimum Gasteiger partial charge on any atom is -0.492 e. The zero-order chi connectivity index (χ0) is 23.4. The Morgan fingerprint density at radius 2 is 2.06 bits per heavy atom. The molecule has 182 valence electrons. The smallest absolute Gasteiger partial charge is 0.309 e. The summed E-state index contributed by atoms with van der Waals surface area (Å²) < 4.78 is 17.8. The Balaban J connectivity index is 1.30. The van der Waals surface area contributed by atoms with Gasteiger partial charge in [-0.25, -0.2) is 0 Å². The Morgan fingerprint density at radius 1 is 1.30 bits per heavy atom. The topological polar surface area (TPSA) is 97.3 Å². The highest BCUT2D eigenvalue weighted by Crippen LogP contribution is 2.39. The van der Waals surface area contributed by atoms with Crippen molar-refractivity contribution in [1.29, 1.82) is 0 Å². The zero-order valence-corrected chi connectivity index (χ0v) is 19.6. The summed E-state index contributed by atoms with van der Waals surface area (Å²) in [5.41, 5.74) is 0.815. The molecule has 1 amide bonds. The van der Waals surface area contributed by atoms with Crippen LogP contribution in [0.5, 0.6) is 5.75 Å². The van der Waals surface area contributed by atoms with Crippen molar-refractivity contribution in [3.63, 3.8) is 0 Å². The van der Waals surface area contributed by atoms with E-state index >= 15 is 0 Å². The van der Waals surface area contributed by atoms with Gasteiger partial charge in [0.15, 0.2) is 0 Å². The van der Waals surface area contributed by atoms with Crippen molar-refractivity contribution in [3.8, 4) is 5.75 Å². The van der Waals surface area contributed by atoms with Gasteiger partial charge in [0, 0.05) is 6.54 Å². The molecule has 8 nitrogen and oxygen atoms in total. The lowest BCUT2D eigenvalue weighted by Crippen LogP contribution is -2.64. The fourth-order valence-electron chi connectivity index (χ4n) is 5.40. The van der Waals surface area contributed by atoms with E-state index < -0.39 is 11.9 Å². The van der Waals surface area contributed by atoms with Gasteiger partial charge in [-0.1, -0.05) is 18.2 Å². The summed E-state index contributed by atoms with van der Waals surface area (Å²) in [7, 11) is 2.09. The third-order valence-electron chi connectivity index (χ3n) is 7.49. The first-order chi connectivity index (χ1) is 15.9. The molecule has 1 aromatic rings. The lowest BCUT2D eigenvalue weighted by molar-refractivity contribution is -0.142. The van der Waals surface area contributed by atoms with Crippen LogP contribution in [0.15, 0.2) is 24.3 Å². The number of rotatable bonds is 8. The van der Waals surface area contributed by atoms with E-state index in [4.69, 9.17) is 19.3 Å². The Morgan fingerprint density at radius 3 is 2.79 bits per heavy atom. The summed E-state index contributed by atoms with van der Waals surface area (Å²) in [6.45, 7) is 4.01. The number of nitrogens with zero attached hydrogens (tertiary/aromatic N) is 1. The molecular formula is C25H36N2O6. The SMILES string of the molecule is CC(COc1ccccc1C1CCC(OCC2N(C)CCC23COCC(=O)N3)CC1)C(=O)O. The van der Waals surface area contributed by atoms with Crippen molar-refractivity contribution in [2.75, 3.05) is 40.0 Å². The van der Waals surface area contributed by atoms with E-state index in [2.05, 4.69) is 23.3 Å². The van der Waals surface area contributed by atoms with E-state index in [9.17, 15) is 9.59 Å². The highest BCUT2D eigenvalue weighted by molar-refractivity contribution is 5.79. The van der Waals surface area contributed by atoms with Crippen LogP contribution < -0.4 is 10.1 Å². The van der Waals surface area contributed by atoms with Gasteiger partial charge >= 0.3 is 5.97 Å². The van der Waals surface area contributed by atoms with Crippen molar-refractivity contribution in [1.82, 2.24) is 10.2 Å². The molecule has 33 heavy (non-hydrogen) atoms. The highest BCUT2D eigenvalue weighted by Gasteiger charge is 2.49. The second-order valence-corrected chi connectivity index (χ2v) is 9.84. The maximum atomic E-state index is 12.0. The Labute approximate surface area is 195 Å². The lowest BCUT2D eigenvalue weighted by atomic mass is 9.82. The average Bonchev–Trinajstić information content (AvgIpc) is 3.10. The summed E-state index contributed by atoms with van der Waals surface area (Å²) in [5.74, 6) is -0.260. The number of carboxylic acids is 1. The van der Waals surface area contributed by atoms with Gasteiger partial charge in [0.1, 0.15) is 19.0 Å².